The minimum Gasteiger partial charge on any atom is -0.406 e. The van der Waals surface area contributed by atoms with E-state index in [2.05, 4.69) is 26.2 Å². The van der Waals surface area contributed by atoms with Gasteiger partial charge in [-0.25, -0.2) is 4.31 Å². The summed E-state index contributed by atoms with van der Waals surface area (Å²) in [7, 11) is 0. The lowest BCUT2D eigenvalue weighted by Gasteiger charge is -2.49. The van der Waals surface area contributed by atoms with Gasteiger partial charge >= 0.3 is 6.36 Å². The molecule has 31 heavy (non-hydrogen) atoms. The Labute approximate surface area is 186 Å². The van der Waals surface area contributed by atoms with Crippen LogP contribution in [0.15, 0.2) is 24.3 Å². The van der Waals surface area contributed by atoms with Crippen molar-refractivity contribution in [2.45, 2.75) is 57.3 Å². The van der Waals surface area contributed by atoms with Crippen LogP contribution in [0, 0.1) is 0 Å². The van der Waals surface area contributed by atoms with E-state index in [0.29, 0.717) is 12.1 Å². The second kappa shape index (κ2) is 10.9. The molecule has 1 N–H and O–H groups in total. The van der Waals surface area contributed by atoms with E-state index in [4.69, 9.17) is 0 Å². The van der Waals surface area contributed by atoms with Gasteiger partial charge in [-0.3, -0.25) is 9.69 Å². The average molecular weight is 460 g/mol. The number of carbonyl (C=O) groups excluding carboxylic acids is 1. The van der Waals surface area contributed by atoms with Crippen molar-refractivity contribution in [3.8, 4) is 5.75 Å². The van der Waals surface area contributed by atoms with Gasteiger partial charge in [-0.1, -0.05) is 38.1 Å². The van der Waals surface area contributed by atoms with Gasteiger partial charge in [0.1, 0.15) is 5.75 Å². The van der Waals surface area contributed by atoms with Gasteiger partial charge in [0.05, 0.1) is 0 Å². The van der Waals surface area contributed by atoms with Gasteiger partial charge in [-0.15, -0.1) is 13.2 Å². The van der Waals surface area contributed by atoms with E-state index in [1.165, 1.54) is 37.1 Å². The maximum absolute atomic E-state index is 12.7. The maximum atomic E-state index is 12.7. The number of hydrogen-bond donors (Lipinski definition) is 1. The molecule has 0 atom stereocenters. The molecule has 2 aliphatic rings. The zero-order chi connectivity index (χ0) is 22.3. The van der Waals surface area contributed by atoms with E-state index in [-0.39, 0.29) is 17.2 Å². The fourth-order valence-electron chi connectivity index (χ4n) is 4.48. The highest BCUT2D eigenvalue weighted by molar-refractivity contribution is 7.97. The fraction of sp³-hybridized carbons (Fsp3) is 0.682. The van der Waals surface area contributed by atoms with Crippen LogP contribution >= 0.6 is 11.9 Å². The number of piperazine rings is 1. The molecule has 0 unspecified atom stereocenters. The molecule has 1 aromatic carbocycles. The van der Waals surface area contributed by atoms with E-state index in [1.807, 2.05) is 11.9 Å². The smallest absolute Gasteiger partial charge is 0.406 e. The summed E-state index contributed by atoms with van der Waals surface area (Å²) < 4.78 is 43.3. The van der Waals surface area contributed by atoms with Gasteiger partial charge in [0, 0.05) is 49.6 Å². The topological polar surface area (TPSA) is 44.8 Å². The van der Waals surface area contributed by atoms with Crippen LogP contribution < -0.4 is 10.1 Å². The van der Waals surface area contributed by atoms with Crippen LogP contribution in [0.25, 0.3) is 0 Å². The molecule has 9 heteroatoms. The van der Waals surface area contributed by atoms with Crippen LogP contribution in [0.2, 0.25) is 0 Å². The zero-order valence-electron chi connectivity index (χ0n) is 18.0. The minimum atomic E-state index is -4.74. The lowest BCUT2D eigenvalue weighted by Crippen LogP contribution is -2.61. The summed E-state index contributed by atoms with van der Waals surface area (Å²) in [5, 5.41) is 3.06. The number of carbonyl (C=O) groups is 1. The number of ether oxygens (including phenoxy) is 1. The zero-order valence-corrected chi connectivity index (χ0v) is 18.9. The number of amides is 1. The largest absolute Gasteiger partial charge is 0.573 e. The Balaban J connectivity index is 1.58. The summed E-state index contributed by atoms with van der Waals surface area (Å²) in [6, 6.07) is 5.08. The van der Waals surface area contributed by atoms with Crippen molar-refractivity contribution in [3.05, 3.63) is 29.8 Å². The van der Waals surface area contributed by atoms with Crippen LogP contribution in [0.3, 0.4) is 0 Å². The highest BCUT2D eigenvalue weighted by Crippen LogP contribution is 2.34. The van der Waals surface area contributed by atoms with E-state index in [9.17, 15) is 18.0 Å². The van der Waals surface area contributed by atoms with Crippen molar-refractivity contribution in [3.63, 3.8) is 0 Å². The number of nitrogens with one attached hydrogen (secondary N) is 1. The molecule has 1 aliphatic carbocycles. The predicted octanol–water partition coefficient (Wildman–Crippen LogP) is 4.69. The summed E-state index contributed by atoms with van der Waals surface area (Å²) >= 11 is 1.92. The molecule has 1 heterocycles. The normalized spacial score (nSPS) is 20.4. The van der Waals surface area contributed by atoms with Crippen LogP contribution in [-0.4, -0.2) is 65.5 Å². The molecule has 1 saturated heterocycles. The Morgan fingerprint density at radius 3 is 2.32 bits per heavy atom. The summed E-state index contributed by atoms with van der Waals surface area (Å²) in [5.41, 5.74) is 0.302. The maximum Gasteiger partial charge on any atom is 0.573 e. The van der Waals surface area contributed by atoms with Crippen molar-refractivity contribution < 1.29 is 22.7 Å². The van der Waals surface area contributed by atoms with Crippen LogP contribution in [-0.2, 0) is 0 Å². The van der Waals surface area contributed by atoms with E-state index in [1.54, 1.807) is 0 Å². The molecule has 0 radical (unpaired) electrons. The molecule has 1 aromatic rings. The summed E-state index contributed by atoms with van der Waals surface area (Å²) in [6.07, 6.45) is 2.10. The van der Waals surface area contributed by atoms with Crippen molar-refractivity contribution in [1.29, 1.82) is 0 Å². The first-order valence-corrected chi connectivity index (χ1v) is 12.0. The highest BCUT2D eigenvalue weighted by Gasteiger charge is 2.39. The SMILES string of the molecule is CCCSN1CCN(C2(CNC(=O)c3ccc(OC(F)(F)F)cc3)CCCCC2)CC1. The van der Waals surface area contributed by atoms with Crippen LogP contribution in [0.1, 0.15) is 55.8 Å². The Morgan fingerprint density at radius 2 is 1.74 bits per heavy atom. The molecule has 1 aliphatic heterocycles. The molecule has 1 saturated carbocycles. The van der Waals surface area contributed by atoms with Gasteiger partial charge in [0.2, 0.25) is 0 Å². The third kappa shape index (κ3) is 7.02. The van der Waals surface area contributed by atoms with Crippen molar-refractivity contribution >= 4 is 17.9 Å². The van der Waals surface area contributed by atoms with E-state index >= 15 is 0 Å². The summed E-state index contributed by atoms with van der Waals surface area (Å²) in [6.45, 7) is 6.81. The fourth-order valence-corrected chi connectivity index (χ4v) is 5.34. The monoisotopic (exact) mass is 459 g/mol. The standard InChI is InChI=1S/C22H32F3N3O2S/c1-2-16-31-28-14-12-27(13-15-28)21(10-4-3-5-11-21)17-26-20(29)18-6-8-19(9-7-18)30-22(23,24)25/h6-9H,2-5,10-17H2,1H3,(H,26,29). The van der Waals surface area contributed by atoms with E-state index < -0.39 is 6.36 Å². The molecule has 0 aromatic heterocycles. The van der Waals surface area contributed by atoms with Gasteiger partial charge in [0.15, 0.2) is 0 Å². The second-order valence-electron chi connectivity index (χ2n) is 8.29. The Morgan fingerprint density at radius 1 is 1.10 bits per heavy atom. The van der Waals surface area contributed by atoms with Gasteiger partial charge in [-0.2, -0.15) is 0 Å². The third-order valence-electron chi connectivity index (χ3n) is 6.10. The highest BCUT2D eigenvalue weighted by atomic mass is 32.2. The molecule has 1 amide bonds. The Hall–Kier alpha value is -1.45. The van der Waals surface area contributed by atoms with Crippen LogP contribution in [0.5, 0.6) is 5.75 Å². The molecular formula is C22H32F3N3O2S. The first kappa shape index (κ1) is 24.2. The molecule has 0 spiro atoms. The van der Waals surface area contributed by atoms with Gasteiger partial charge in [-0.05, 0) is 43.5 Å². The lowest BCUT2D eigenvalue weighted by molar-refractivity contribution is -0.274. The quantitative estimate of drug-likeness (QED) is 0.572. The second-order valence-corrected chi connectivity index (χ2v) is 9.47. The number of alkyl halides is 3. The van der Waals surface area contributed by atoms with E-state index in [0.717, 1.165) is 57.6 Å². The van der Waals surface area contributed by atoms with Crippen molar-refractivity contribution in [1.82, 2.24) is 14.5 Å². The summed E-state index contributed by atoms with van der Waals surface area (Å²) in [4.78, 5) is 15.2. The molecule has 5 nitrogen and oxygen atoms in total. The number of hydrogen-bond acceptors (Lipinski definition) is 5. The summed E-state index contributed by atoms with van der Waals surface area (Å²) in [5.74, 6) is 0.556. The van der Waals surface area contributed by atoms with Gasteiger partial charge in [0.25, 0.3) is 5.91 Å². The average Bonchev–Trinajstić information content (AvgIpc) is 2.76. The number of halogens is 3. The third-order valence-corrected chi connectivity index (χ3v) is 7.42. The van der Waals surface area contributed by atoms with Crippen molar-refractivity contribution in [2.24, 2.45) is 0 Å². The van der Waals surface area contributed by atoms with Crippen molar-refractivity contribution in [2.75, 3.05) is 38.5 Å². The molecule has 3 rings (SSSR count). The first-order chi connectivity index (χ1) is 14.8. The predicted molar refractivity (Wildman–Crippen MR) is 117 cm³/mol. The number of benzene rings is 1. The Kier molecular flexibility index (Phi) is 8.52. The van der Waals surface area contributed by atoms with Crippen LogP contribution in [0.4, 0.5) is 13.2 Å². The first-order valence-electron chi connectivity index (χ1n) is 11.1. The number of nitrogens with zero attached hydrogens (tertiary/aromatic N) is 2. The number of rotatable bonds is 8. The lowest BCUT2D eigenvalue weighted by atomic mass is 9.79. The molecular weight excluding hydrogens is 427 g/mol. The molecule has 2 fully saturated rings. The molecule has 174 valence electrons. The van der Waals surface area contributed by atoms with Gasteiger partial charge < -0.3 is 10.1 Å². The molecule has 0 bridgehead atoms. The Bertz CT molecular complexity index is 701. The minimum absolute atomic E-state index is 0.0330.